The van der Waals surface area contributed by atoms with Crippen molar-refractivity contribution in [3.63, 3.8) is 0 Å². The molecule has 0 aliphatic carbocycles. The summed E-state index contributed by atoms with van der Waals surface area (Å²) in [6.45, 7) is 5.75. The Morgan fingerprint density at radius 3 is 2.62 bits per heavy atom. The van der Waals surface area contributed by atoms with Gasteiger partial charge >= 0.3 is 12.1 Å². The molecule has 0 unspecified atom stereocenters. The molecule has 1 heterocycles. The van der Waals surface area contributed by atoms with Crippen molar-refractivity contribution in [2.75, 3.05) is 32.1 Å². The molecule has 1 fully saturated rings. The van der Waals surface area contributed by atoms with E-state index in [1.165, 1.54) is 0 Å². The maximum absolute atomic E-state index is 12.2. The summed E-state index contributed by atoms with van der Waals surface area (Å²) in [5.41, 5.74) is -0.675. The summed E-state index contributed by atoms with van der Waals surface area (Å²) in [4.78, 5) is 57.8. The Morgan fingerprint density at radius 1 is 1.21 bits per heavy atom. The fraction of sp³-hybridized carbons (Fsp3) is 0.611. The first kappa shape index (κ1) is 24.5. The van der Waals surface area contributed by atoms with Gasteiger partial charge in [-0.25, -0.2) is 9.59 Å². The van der Waals surface area contributed by atoms with Crippen molar-refractivity contribution in [1.82, 2.24) is 10.6 Å². The van der Waals surface area contributed by atoms with Crippen molar-refractivity contribution in [3.05, 3.63) is 12.2 Å². The number of hydrogen-bond donors (Lipinski definition) is 2. The van der Waals surface area contributed by atoms with Gasteiger partial charge in [-0.05, 0) is 13.0 Å². The third kappa shape index (κ3) is 9.46. The molecule has 1 rings (SSSR count). The van der Waals surface area contributed by atoms with Crippen molar-refractivity contribution in [3.8, 4) is 0 Å². The lowest BCUT2D eigenvalue weighted by Crippen LogP contribution is -2.52. The Labute approximate surface area is 173 Å². The summed E-state index contributed by atoms with van der Waals surface area (Å²) in [5, 5.41) is 4.85. The molecule has 1 aliphatic rings. The van der Waals surface area contributed by atoms with Gasteiger partial charge < -0.3 is 24.8 Å². The van der Waals surface area contributed by atoms with Crippen LogP contribution in [0.5, 0.6) is 0 Å². The normalized spacial score (nSPS) is 17.8. The number of thioether (sulfide) groups is 1. The third-order valence-electron chi connectivity index (χ3n) is 3.69. The lowest BCUT2D eigenvalue weighted by molar-refractivity contribution is -0.149. The van der Waals surface area contributed by atoms with E-state index >= 15 is 0 Å². The van der Waals surface area contributed by atoms with Gasteiger partial charge in [0, 0.05) is 36.8 Å². The molecule has 0 aromatic heterocycles. The van der Waals surface area contributed by atoms with Crippen LogP contribution in [0.4, 0.5) is 4.79 Å². The van der Waals surface area contributed by atoms with E-state index in [1.807, 2.05) is 0 Å². The molecule has 2 N–H and O–H groups in total. The zero-order chi connectivity index (χ0) is 21.9. The number of rotatable bonds is 10. The monoisotopic (exact) mass is 430 g/mol. The number of carbonyl (C=O) groups excluding carboxylic acids is 5. The van der Waals surface area contributed by atoms with Gasteiger partial charge in [0.25, 0.3) is 5.91 Å². The van der Waals surface area contributed by atoms with Crippen LogP contribution in [0, 0.1) is 5.41 Å². The molecule has 29 heavy (non-hydrogen) atoms. The van der Waals surface area contributed by atoms with Gasteiger partial charge in [-0.2, -0.15) is 0 Å². The molecule has 1 atom stereocenters. The highest BCUT2D eigenvalue weighted by atomic mass is 32.2. The van der Waals surface area contributed by atoms with Gasteiger partial charge in [-0.1, -0.05) is 25.6 Å². The number of ether oxygens (including phenoxy) is 3. The van der Waals surface area contributed by atoms with E-state index in [0.29, 0.717) is 5.75 Å². The molecule has 162 valence electrons. The Hall–Kier alpha value is -2.56. The Balaban J connectivity index is 2.19. The van der Waals surface area contributed by atoms with Crippen LogP contribution in [0.3, 0.4) is 0 Å². The minimum atomic E-state index is -0.989. The van der Waals surface area contributed by atoms with Crippen LogP contribution in [0.2, 0.25) is 0 Å². The molecule has 0 aromatic carbocycles. The zero-order valence-electron chi connectivity index (χ0n) is 16.6. The maximum atomic E-state index is 12.2. The number of amides is 2. The second-order valence-electron chi connectivity index (χ2n) is 6.67. The molecule has 10 nitrogen and oxygen atoms in total. The van der Waals surface area contributed by atoms with E-state index < -0.39 is 29.6 Å². The van der Waals surface area contributed by atoms with Crippen LogP contribution >= 0.6 is 11.8 Å². The minimum absolute atomic E-state index is 0.0324. The fourth-order valence-electron chi connectivity index (χ4n) is 2.22. The molecular formula is C18H26N2O8S. The van der Waals surface area contributed by atoms with E-state index in [-0.39, 0.29) is 43.7 Å². The Morgan fingerprint density at radius 2 is 1.93 bits per heavy atom. The highest BCUT2D eigenvalue weighted by Crippen LogP contribution is 2.28. The third-order valence-corrected chi connectivity index (χ3v) is 4.51. The van der Waals surface area contributed by atoms with Gasteiger partial charge in [-0.3, -0.25) is 14.4 Å². The Bertz CT molecular complexity index is 662. The summed E-state index contributed by atoms with van der Waals surface area (Å²) in [6, 6.07) is 0. The minimum Gasteiger partial charge on any atom is -0.463 e. The first-order valence-corrected chi connectivity index (χ1v) is 10.0. The van der Waals surface area contributed by atoms with Gasteiger partial charge in [0.15, 0.2) is 6.10 Å². The molecule has 11 heteroatoms. The quantitative estimate of drug-likeness (QED) is 0.289. The second-order valence-corrected chi connectivity index (χ2v) is 7.77. The summed E-state index contributed by atoms with van der Waals surface area (Å²) in [6.07, 6.45) is 0.315. The molecule has 2 amide bonds. The number of esters is 1. The largest absolute Gasteiger partial charge is 0.509 e. The van der Waals surface area contributed by atoms with Crippen LogP contribution in [0.25, 0.3) is 0 Å². The van der Waals surface area contributed by atoms with Crippen molar-refractivity contribution in [2.24, 2.45) is 5.41 Å². The predicted molar refractivity (Wildman–Crippen MR) is 104 cm³/mol. The molecule has 0 aromatic rings. The van der Waals surface area contributed by atoms with Gasteiger partial charge in [0.05, 0.1) is 6.61 Å². The second kappa shape index (κ2) is 12.1. The van der Waals surface area contributed by atoms with Gasteiger partial charge in [0.2, 0.25) is 11.0 Å². The van der Waals surface area contributed by atoms with E-state index in [0.717, 1.165) is 23.9 Å². The molecule has 0 radical (unpaired) electrons. The topological polar surface area (TPSA) is 137 Å². The van der Waals surface area contributed by atoms with Crippen LogP contribution < -0.4 is 10.6 Å². The number of hydrogen-bond acceptors (Lipinski definition) is 9. The number of carbonyl (C=O) groups is 5. The predicted octanol–water partition coefficient (Wildman–Crippen LogP) is 0.550. The SMILES string of the molecule is CCOC(=O)/C=C/C(=O)SCCNC(=O)CCNC(=O)[C@@H]1OC(=O)OCC1(C)C. The molecular weight excluding hydrogens is 404 g/mol. The average molecular weight is 430 g/mol. The fourth-order valence-corrected chi connectivity index (χ4v) is 2.79. The summed E-state index contributed by atoms with van der Waals surface area (Å²) >= 11 is 0.948. The molecule has 0 spiro atoms. The van der Waals surface area contributed by atoms with Crippen molar-refractivity contribution < 1.29 is 38.2 Å². The summed E-state index contributed by atoms with van der Waals surface area (Å²) in [5.74, 6) is -1.05. The molecule has 1 aliphatic heterocycles. The molecule has 0 bridgehead atoms. The van der Waals surface area contributed by atoms with Gasteiger partial charge in [-0.15, -0.1) is 0 Å². The summed E-state index contributed by atoms with van der Waals surface area (Å²) in [7, 11) is 0. The van der Waals surface area contributed by atoms with Crippen LogP contribution in [0.1, 0.15) is 27.2 Å². The highest BCUT2D eigenvalue weighted by molar-refractivity contribution is 8.14. The maximum Gasteiger partial charge on any atom is 0.509 e. The smallest absolute Gasteiger partial charge is 0.463 e. The lowest BCUT2D eigenvalue weighted by atomic mass is 9.86. The van der Waals surface area contributed by atoms with Crippen molar-refractivity contribution in [1.29, 1.82) is 0 Å². The van der Waals surface area contributed by atoms with Gasteiger partial charge in [0.1, 0.15) is 6.61 Å². The van der Waals surface area contributed by atoms with E-state index in [2.05, 4.69) is 15.4 Å². The molecule has 1 saturated heterocycles. The number of nitrogens with one attached hydrogen (secondary N) is 2. The van der Waals surface area contributed by atoms with E-state index in [9.17, 15) is 24.0 Å². The van der Waals surface area contributed by atoms with Crippen LogP contribution in [-0.2, 0) is 33.4 Å². The zero-order valence-corrected chi connectivity index (χ0v) is 17.5. The van der Waals surface area contributed by atoms with Crippen LogP contribution in [0.15, 0.2) is 12.2 Å². The van der Waals surface area contributed by atoms with Crippen molar-refractivity contribution >= 4 is 40.8 Å². The summed E-state index contributed by atoms with van der Waals surface area (Å²) < 4.78 is 14.3. The lowest BCUT2D eigenvalue weighted by Gasteiger charge is -2.35. The average Bonchev–Trinajstić information content (AvgIpc) is 2.65. The first-order valence-electron chi connectivity index (χ1n) is 9.05. The standard InChI is InChI=1S/C18H26N2O8S/c1-4-26-13(22)5-6-14(23)29-10-9-19-12(21)7-8-20-16(24)15-18(2,3)11-27-17(25)28-15/h5-6,15H,4,7-11H2,1-3H3,(H,19,21)(H,20,24)/b6-5+/t15-/m0/s1. The van der Waals surface area contributed by atoms with E-state index in [1.54, 1.807) is 20.8 Å². The first-order chi connectivity index (χ1) is 13.7. The highest BCUT2D eigenvalue weighted by Gasteiger charge is 2.43. The van der Waals surface area contributed by atoms with Crippen LogP contribution in [-0.4, -0.2) is 67.2 Å². The number of cyclic esters (lactones) is 2. The van der Waals surface area contributed by atoms with E-state index in [4.69, 9.17) is 9.47 Å². The Kier molecular flexibility index (Phi) is 10.2. The van der Waals surface area contributed by atoms with Crippen molar-refractivity contribution in [2.45, 2.75) is 33.3 Å². The molecule has 0 saturated carbocycles.